The summed E-state index contributed by atoms with van der Waals surface area (Å²) in [6.45, 7) is 1.97. The molecule has 2 atom stereocenters. The molecule has 1 fully saturated rings. The van der Waals surface area contributed by atoms with E-state index in [1.54, 1.807) is 0 Å². The Morgan fingerprint density at radius 3 is 2.20 bits per heavy atom. The van der Waals surface area contributed by atoms with Crippen molar-refractivity contribution in [3.05, 3.63) is 35.9 Å². The summed E-state index contributed by atoms with van der Waals surface area (Å²) in [6, 6.07) is 10.3. The molecule has 0 bridgehead atoms. The van der Waals surface area contributed by atoms with Crippen molar-refractivity contribution in [2.24, 2.45) is 0 Å². The minimum absolute atomic E-state index is 0.173. The average Bonchev–Trinajstić information content (AvgIpc) is 2.43. The fourth-order valence-corrected chi connectivity index (χ4v) is 2.13. The first-order valence-electron chi connectivity index (χ1n) is 6.29. The maximum atomic E-state index is 9.91. The number of hydrogen-bond donors (Lipinski definition) is 3. The van der Waals surface area contributed by atoms with Crippen LogP contribution in [0.25, 0.3) is 0 Å². The number of benzene rings is 1. The van der Waals surface area contributed by atoms with Crippen molar-refractivity contribution >= 4 is 11.9 Å². The molecule has 2 unspecified atom stereocenters. The lowest BCUT2D eigenvalue weighted by Gasteiger charge is -2.34. The Morgan fingerprint density at radius 2 is 1.70 bits per heavy atom. The van der Waals surface area contributed by atoms with Crippen LogP contribution >= 0.6 is 0 Å². The average molecular weight is 281 g/mol. The Labute approximate surface area is 117 Å². The number of rotatable bonds is 1. The van der Waals surface area contributed by atoms with E-state index in [0.29, 0.717) is 0 Å². The molecule has 3 N–H and O–H groups in total. The van der Waals surface area contributed by atoms with Crippen LogP contribution in [-0.4, -0.2) is 58.4 Å². The second-order valence-corrected chi connectivity index (χ2v) is 4.75. The Morgan fingerprint density at radius 1 is 1.15 bits per heavy atom. The lowest BCUT2D eigenvalue weighted by molar-refractivity contribution is -0.159. The number of aliphatic hydroxyl groups is 1. The smallest absolute Gasteiger partial charge is 0.414 e. The molecule has 6 nitrogen and oxygen atoms in total. The molecule has 0 radical (unpaired) electrons. The Balaban J connectivity index is 0.000000286. The van der Waals surface area contributed by atoms with Crippen molar-refractivity contribution in [1.82, 2.24) is 4.90 Å². The van der Waals surface area contributed by atoms with E-state index in [2.05, 4.69) is 24.1 Å². The number of carboxylic acids is 2. The van der Waals surface area contributed by atoms with Crippen LogP contribution in [0, 0.1) is 0 Å². The van der Waals surface area contributed by atoms with E-state index in [0.717, 1.165) is 19.5 Å². The predicted octanol–water partition coefficient (Wildman–Crippen LogP) is 0.622. The molecule has 1 aliphatic rings. The number of aliphatic hydroxyl groups excluding tert-OH is 1. The molecule has 1 aromatic rings. The van der Waals surface area contributed by atoms with Gasteiger partial charge in [-0.15, -0.1) is 0 Å². The number of carboxylic acid groups (broad SMARTS) is 2. The summed E-state index contributed by atoms with van der Waals surface area (Å²) in [5.74, 6) is -3.36. The summed E-state index contributed by atoms with van der Waals surface area (Å²) >= 11 is 0. The van der Waals surface area contributed by atoms with Crippen molar-refractivity contribution in [3.63, 3.8) is 0 Å². The van der Waals surface area contributed by atoms with E-state index in [1.165, 1.54) is 5.56 Å². The molecule has 0 aromatic heterocycles. The molecule has 110 valence electrons. The van der Waals surface area contributed by atoms with E-state index >= 15 is 0 Å². The fraction of sp³-hybridized carbons (Fsp3) is 0.429. The number of nitrogens with zero attached hydrogens (tertiary/aromatic N) is 1. The van der Waals surface area contributed by atoms with Crippen molar-refractivity contribution in [3.8, 4) is 0 Å². The molecule has 1 aromatic carbocycles. The molecule has 0 amide bonds. The van der Waals surface area contributed by atoms with Gasteiger partial charge in [0, 0.05) is 19.0 Å². The Kier molecular flexibility index (Phi) is 6.14. The largest absolute Gasteiger partial charge is 0.473 e. The maximum Gasteiger partial charge on any atom is 0.414 e. The number of carbonyl (C=O) groups is 2. The molecule has 0 spiro atoms. The van der Waals surface area contributed by atoms with E-state index in [4.69, 9.17) is 19.8 Å². The van der Waals surface area contributed by atoms with Gasteiger partial charge < -0.3 is 20.2 Å². The summed E-state index contributed by atoms with van der Waals surface area (Å²) < 4.78 is 0. The van der Waals surface area contributed by atoms with Crippen LogP contribution < -0.4 is 0 Å². The third-order valence-electron chi connectivity index (χ3n) is 3.19. The van der Waals surface area contributed by atoms with Gasteiger partial charge in [0.1, 0.15) is 0 Å². The highest BCUT2D eigenvalue weighted by atomic mass is 16.4. The molecule has 1 saturated heterocycles. The summed E-state index contributed by atoms with van der Waals surface area (Å²) in [5, 5.41) is 24.7. The van der Waals surface area contributed by atoms with Gasteiger partial charge >= 0.3 is 11.9 Å². The molecule has 20 heavy (non-hydrogen) atoms. The zero-order valence-corrected chi connectivity index (χ0v) is 11.3. The monoisotopic (exact) mass is 281 g/mol. The van der Waals surface area contributed by atoms with Gasteiger partial charge in [-0.25, -0.2) is 9.59 Å². The highest BCUT2D eigenvalue weighted by molar-refractivity contribution is 6.27. The standard InChI is InChI=1S/C12H17NO.C2H2O4/c1-13-8-7-12(14)11(9-13)10-5-3-2-4-6-10;3-1(4)2(5)6/h2-6,11-12,14H,7-9H2,1H3;(H,3,4)(H,5,6). The lowest BCUT2D eigenvalue weighted by atomic mass is 9.88. The summed E-state index contributed by atoms with van der Waals surface area (Å²) in [4.78, 5) is 20.5. The molecule has 0 saturated carbocycles. The van der Waals surface area contributed by atoms with E-state index in [9.17, 15) is 5.11 Å². The van der Waals surface area contributed by atoms with Crippen LogP contribution in [0.15, 0.2) is 30.3 Å². The second-order valence-electron chi connectivity index (χ2n) is 4.75. The third kappa shape index (κ3) is 4.99. The van der Waals surface area contributed by atoms with Gasteiger partial charge in [-0.3, -0.25) is 0 Å². The highest BCUT2D eigenvalue weighted by Gasteiger charge is 2.26. The van der Waals surface area contributed by atoms with Crippen molar-refractivity contribution in [2.75, 3.05) is 20.1 Å². The van der Waals surface area contributed by atoms with Gasteiger partial charge in [-0.05, 0) is 19.0 Å². The zero-order chi connectivity index (χ0) is 15.1. The quantitative estimate of drug-likeness (QED) is 0.653. The lowest BCUT2D eigenvalue weighted by Crippen LogP contribution is -2.39. The first kappa shape index (κ1) is 16.1. The topological polar surface area (TPSA) is 98.1 Å². The maximum absolute atomic E-state index is 9.91. The van der Waals surface area contributed by atoms with E-state index in [-0.39, 0.29) is 12.0 Å². The molecular weight excluding hydrogens is 262 g/mol. The number of aliphatic carboxylic acids is 2. The minimum Gasteiger partial charge on any atom is -0.473 e. The zero-order valence-electron chi connectivity index (χ0n) is 11.3. The van der Waals surface area contributed by atoms with Gasteiger partial charge in [0.2, 0.25) is 0 Å². The van der Waals surface area contributed by atoms with Crippen molar-refractivity contribution < 1.29 is 24.9 Å². The van der Waals surface area contributed by atoms with Crippen LogP contribution in [0.2, 0.25) is 0 Å². The van der Waals surface area contributed by atoms with Gasteiger partial charge in [0.15, 0.2) is 0 Å². The van der Waals surface area contributed by atoms with Crippen molar-refractivity contribution in [1.29, 1.82) is 0 Å². The van der Waals surface area contributed by atoms with Crippen LogP contribution in [0.5, 0.6) is 0 Å². The van der Waals surface area contributed by atoms with Gasteiger partial charge in [-0.1, -0.05) is 30.3 Å². The van der Waals surface area contributed by atoms with E-state index in [1.807, 2.05) is 18.2 Å². The van der Waals surface area contributed by atoms with Crippen LogP contribution in [0.1, 0.15) is 17.9 Å². The predicted molar refractivity (Wildman–Crippen MR) is 72.6 cm³/mol. The molecule has 2 rings (SSSR count). The molecule has 0 aliphatic carbocycles. The van der Waals surface area contributed by atoms with Crippen molar-refractivity contribution in [2.45, 2.75) is 18.4 Å². The normalized spacial score (nSPS) is 22.5. The molecular formula is C14H19NO5. The number of piperidine rings is 1. The van der Waals surface area contributed by atoms with Gasteiger partial charge in [-0.2, -0.15) is 0 Å². The van der Waals surface area contributed by atoms with E-state index < -0.39 is 11.9 Å². The molecule has 1 aliphatic heterocycles. The summed E-state index contributed by atoms with van der Waals surface area (Å²) in [7, 11) is 2.11. The highest BCUT2D eigenvalue weighted by Crippen LogP contribution is 2.26. The van der Waals surface area contributed by atoms with Crippen LogP contribution in [-0.2, 0) is 9.59 Å². The number of likely N-dealkylation sites (tertiary alicyclic amines) is 1. The number of likely N-dealkylation sites (N-methyl/N-ethyl adjacent to an activating group) is 1. The SMILES string of the molecule is CN1CCC(O)C(c2ccccc2)C1.O=C(O)C(=O)O. The van der Waals surface area contributed by atoms with Crippen LogP contribution in [0.3, 0.4) is 0 Å². The Bertz CT molecular complexity index is 436. The minimum atomic E-state index is -1.82. The second kappa shape index (κ2) is 7.62. The van der Waals surface area contributed by atoms with Gasteiger partial charge in [0.25, 0.3) is 0 Å². The van der Waals surface area contributed by atoms with Crippen LogP contribution in [0.4, 0.5) is 0 Å². The third-order valence-corrected chi connectivity index (χ3v) is 3.19. The number of hydrogen-bond acceptors (Lipinski definition) is 4. The van der Waals surface area contributed by atoms with Gasteiger partial charge in [0.05, 0.1) is 6.10 Å². The Hall–Kier alpha value is -1.92. The molecule has 1 heterocycles. The summed E-state index contributed by atoms with van der Waals surface area (Å²) in [6.07, 6.45) is 0.712. The first-order chi connectivity index (χ1) is 9.41. The first-order valence-corrected chi connectivity index (χ1v) is 6.29. The summed E-state index contributed by atoms with van der Waals surface area (Å²) in [5.41, 5.74) is 1.26. The molecule has 6 heteroatoms. The fourth-order valence-electron chi connectivity index (χ4n) is 2.13.